The number of aromatic nitrogens is 2. The third kappa shape index (κ3) is 3.45. The van der Waals surface area contributed by atoms with Crippen molar-refractivity contribution in [3.05, 3.63) is 11.9 Å². The smallest absolute Gasteiger partial charge is 0.203 e. The van der Waals surface area contributed by atoms with E-state index in [0.29, 0.717) is 11.3 Å². The molecule has 0 aliphatic heterocycles. The van der Waals surface area contributed by atoms with Gasteiger partial charge in [-0.1, -0.05) is 6.92 Å². The molecule has 1 aromatic heterocycles. The maximum atomic E-state index is 4.48. The molecule has 1 unspecified atom stereocenters. The molecule has 0 amide bonds. The first-order chi connectivity index (χ1) is 7.04. The van der Waals surface area contributed by atoms with E-state index in [-0.39, 0.29) is 0 Å². The highest BCUT2D eigenvalue weighted by Crippen LogP contribution is 2.16. The van der Waals surface area contributed by atoms with Gasteiger partial charge in [-0.2, -0.15) is 11.8 Å². The highest BCUT2D eigenvalue weighted by atomic mass is 32.2. The van der Waals surface area contributed by atoms with Crippen molar-refractivity contribution in [2.24, 2.45) is 0 Å². The van der Waals surface area contributed by atoms with E-state index in [2.05, 4.69) is 48.1 Å². The Morgan fingerprint density at radius 2 is 2.13 bits per heavy atom. The Morgan fingerprint density at radius 1 is 1.47 bits per heavy atom. The van der Waals surface area contributed by atoms with Crippen molar-refractivity contribution in [3.8, 4) is 0 Å². The first-order valence-corrected chi connectivity index (χ1v) is 6.65. The molecule has 1 atom stereocenters. The molecule has 0 saturated carbocycles. The summed E-state index contributed by atoms with van der Waals surface area (Å²) >= 11 is 1.87. The van der Waals surface area contributed by atoms with Crippen LogP contribution in [0.3, 0.4) is 0 Å². The fourth-order valence-electron chi connectivity index (χ4n) is 1.36. The number of rotatable bonds is 5. The van der Waals surface area contributed by atoms with Crippen LogP contribution in [0.1, 0.15) is 32.5 Å². The molecular formula is C11H21N3S. The van der Waals surface area contributed by atoms with Crippen LogP contribution in [0, 0.1) is 6.92 Å². The van der Waals surface area contributed by atoms with Gasteiger partial charge in [0.1, 0.15) is 0 Å². The summed E-state index contributed by atoms with van der Waals surface area (Å²) in [5, 5.41) is 4.01. The quantitative estimate of drug-likeness (QED) is 0.839. The Labute approximate surface area is 96.7 Å². The number of anilines is 1. The molecule has 15 heavy (non-hydrogen) atoms. The van der Waals surface area contributed by atoms with Crippen LogP contribution in [0.5, 0.6) is 0 Å². The number of thioether (sulfide) groups is 1. The van der Waals surface area contributed by atoms with E-state index in [1.165, 1.54) is 0 Å². The lowest BCUT2D eigenvalue weighted by Gasteiger charge is -2.14. The third-order valence-corrected chi connectivity index (χ3v) is 3.33. The molecule has 0 aromatic carbocycles. The van der Waals surface area contributed by atoms with Crippen molar-refractivity contribution in [1.82, 2.24) is 9.55 Å². The van der Waals surface area contributed by atoms with E-state index in [4.69, 9.17) is 0 Å². The average Bonchev–Trinajstić information content (AvgIpc) is 2.56. The lowest BCUT2D eigenvalue weighted by atomic mass is 10.4. The van der Waals surface area contributed by atoms with Crippen LogP contribution in [-0.2, 0) is 0 Å². The molecule has 86 valence electrons. The summed E-state index contributed by atoms with van der Waals surface area (Å²) in [7, 11) is 0. The Kier molecular flexibility index (Phi) is 4.51. The number of nitrogens with one attached hydrogen (secondary N) is 1. The van der Waals surface area contributed by atoms with Crippen molar-refractivity contribution in [2.75, 3.05) is 18.1 Å². The van der Waals surface area contributed by atoms with Crippen LogP contribution >= 0.6 is 11.8 Å². The van der Waals surface area contributed by atoms with Gasteiger partial charge in [-0.25, -0.2) is 4.98 Å². The normalized spacial score (nSPS) is 13.2. The summed E-state index contributed by atoms with van der Waals surface area (Å²) in [5.41, 5.74) is 1.07. The molecule has 1 heterocycles. The second-order valence-electron chi connectivity index (χ2n) is 4.13. The van der Waals surface area contributed by atoms with Gasteiger partial charge in [0.15, 0.2) is 0 Å². The minimum atomic E-state index is 0.457. The van der Waals surface area contributed by atoms with Crippen LogP contribution in [0.2, 0.25) is 0 Å². The van der Waals surface area contributed by atoms with Gasteiger partial charge in [-0.05, 0) is 27.0 Å². The van der Waals surface area contributed by atoms with E-state index in [0.717, 1.165) is 18.2 Å². The molecule has 1 aromatic rings. The zero-order valence-corrected chi connectivity index (χ0v) is 11.1. The number of hydrogen-bond donors (Lipinski definition) is 1. The number of hydrogen-bond acceptors (Lipinski definition) is 3. The molecule has 1 N–H and O–H groups in total. The molecule has 0 aliphatic rings. The molecule has 0 bridgehead atoms. The summed E-state index contributed by atoms with van der Waals surface area (Å²) in [6, 6.07) is 0.457. The molecular weight excluding hydrogens is 206 g/mol. The average molecular weight is 227 g/mol. The fraction of sp³-hybridized carbons (Fsp3) is 0.727. The number of nitrogens with zero attached hydrogens (tertiary/aromatic N) is 2. The second kappa shape index (κ2) is 5.45. The fourth-order valence-corrected chi connectivity index (χ4v) is 1.61. The highest BCUT2D eigenvalue weighted by Gasteiger charge is 2.08. The Bertz CT molecular complexity index is 307. The van der Waals surface area contributed by atoms with Crippen LogP contribution < -0.4 is 5.32 Å². The predicted octanol–water partition coefficient (Wildman–Crippen LogP) is 2.94. The van der Waals surface area contributed by atoms with Crippen LogP contribution in [-0.4, -0.2) is 27.6 Å². The summed E-state index contributed by atoms with van der Waals surface area (Å²) < 4.78 is 2.18. The molecule has 4 heteroatoms. The van der Waals surface area contributed by atoms with Crippen molar-refractivity contribution < 1.29 is 0 Å². The van der Waals surface area contributed by atoms with Gasteiger partial charge in [0.05, 0.1) is 5.69 Å². The van der Waals surface area contributed by atoms with Gasteiger partial charge in [0, 0.05) is 24.0 Å². The first-order valence-electron chi connectivity index (χ1n) is 5.36. The van der Waals surface area contributed by atoms with Gasteiger partial charge in [-0.3, -0.25) is 0 Å². The Balaban J connectivity index is 2.67. The zero-order chi connectivity index (χ0) is 11.4. The van der Waals surface area contributed by atoms with E-state index in [9.17, 15) is 0 Å². The van der Waals surface area contributed by atoms with Crippen molar-refractivity contribution in [1.29, 1.82) is 0 Å². The Morgan fingerprint density at radius 3 is 2.67 bits per heavy atom. The largest absolute Gasteiger partial charge is 0.355 e. The van der Waals surface area contributed by atoms with Gasteiger partial charge in [-0.15, -0.1) is 0 Å². The van der Waals surface area contributed by atoms with Crippen LogP contribution in [0.4, 0.5) is 5.95 Å². The Hall–Kier alpha value is -0.640. The van der Waals surface area contributed by atoms with E-state index < -0.39 is 0 Å². The number of imidazole rings is 1. The van der Waals surface area contributed by atoms with Gasteiger partial charge >= 0.3 is 0 Å². The SMILES string of the molecule is CSC(C)CNc1nc(C)cn1C(C)C. The summed E-state index contributed by atoms with van der Waals surface area (Å²) in [5.74, 6) is 0.989. The van der Waals surface area contributed by atoms with Crippen LogP contribution in [0.15, 0.2) is 6.20 Å². The lowest BCUT2D eigenvalue weighted by molar-refractivity contribution is 0.604. The standard InChI is InChI=1S/C11H21N3S/c1-8(2)14-7-9(3)13-11(14)12-6-10(4)15-5/h7-8,10H,6H2,1-5H3,(H,12,13). The van der Waals surface area contributed by atoms with Crippen molar-refractivity contribution >= 4 is 17.7 Å². The molecule has 0 fully saturated rings. The molecule has 0 saturated heterocycles. The molecule has 1 rings (SSSR count). The lowest BCUT2D eigenvalue weighted by Crippen LogP contribution is -2.16. The topological polar surface area (TPSA) is 29.9 Å². The third-order valence-electron chi connectivity index (χ3n) is 2.36. The van der Waals surface area contributed by atoms with Crippen molar-refractivity contribution in [3.63, 3.8) is 0 Å². The molecule has 3 nitrogen and oxygen atoms in total. The minimum absolute atomic E-state index is 0.457. The first kappa shape index (κ1) is 12.4. The summed E-state index contributed by atoms with van der Waals surface area (Å²) in [4.78, 5) is 4.48. The van der Waals surface area contributed by atoms with Gasteiger partial charge in [0.2, 0.25) is 5.95 Å². The molecule has 0 spiro atoms. The highest BCUT2D eigenvalue weighted by molar-refractivity contribution is 7.99. The van der Waals surface area contributed by atoms with Crippen LogP contribution in [0.25, 0.3) is 0 Å². The zero-order valence-electron chi connectivity index (χ0n) is 10.2. The summed E-state index contributed by atoms with van der Waals surface area (Å²) in [6.45, 7) is 9.55. The predicted molar refractivity (Wildman–Crippen MR) is 68.8 cm³/mol. The second-order valence-corrected chi connectivity index (χ2v) is 5.41. The maximum absolute atomic E-state index is 4.48. The molecule has 0 radical (unpaired) electrons. The van der Waals surface area contributed by atoms with Gasteiger partial charge < -0.3 is 9.88 Å². The van der Waals surface area contributed by atoms with E-state index in [1.807, 2.05) is 18.7 Å². The maximum Gasteiger partial charge on any atom is 0.203 e. The van der Waals surface area contributed by atoms with Gasteiger partial charge in [0.25, 0.3) is 0 Å². The minimum Gasteiger partial charge on any atom is -0.355 e. The number of aryl methyl sites for hydroxylation is 1. The van der Waals surface area contributed by atoms with E-state index >= 15 is 0 Å². The summed E-state index contributed by atoms with van der Waals surface area (Å²) in [6.07, 6.45) is 4.23. The van der Waals surface area contributed by atoms with Crippen molar-refractivity contribution in [2.45, 2.75) is 39.0 Å². The monoisotopic (exact) mass is 227 g/mol. The van der Waals surface area contributed by atoms with E-state index in [1.54, 1.807) is 0 Å². The molecule has 0 aliphatic carbocycles.